The fraction of sp³-hybridized carbons (Fsp3) is 0.333. The molecule has 76 valence electrons. The summed E-state index contributed by atoms with van der Waals surface area (Å²) in [4.78, 5) is 1.39. The Labute approximate surface area is 92.1 Å². The Hall–Kier alpha value is -0.190. The summed E-state index contributed by atoms with van der Waals surface area (Å²) in [5, 5.41) is 0. The summed E-state index contributed by atoms with van der Waals surface area (Å²) in [6.07, 6.45) is 2.05. The van der Waals surface area contributed by atoms with Crippen LogP contribution in [-0.2, 0) is 15.5 Å². The molecule has 5 heteroatoms. The second-order valence-corrected chi connectivity index (χ2v) is 6.86. The molecular weight excluding hydrogens is 240 g/mol. The first-order valence-electron chi connectivity index (χ1n) is 4.28. The third-order valence-corrected chi connectivity index (χ3v) is 4.72. The number of rotatable bonds is 1. The van der Waals surface area contributed by atoms with Gasteiger partial charge in [-0.05, 0) is 42.4 Å². The minimum Gasteiger partial charge on any atom is -0.207 e. The Morgan fingerprint density at radius 2 is 2.14 bits per heavy atom. The van der Waals surface area contributed by atoms with Gasteiger partial charge in [0.15, 0.2) is 0 Å². The molecule has 0 amide bonds. The maximum atomic E-state index is 11.1. The third kappa shape index (κ3) is 2.07. The first-order valence-corrected chi connectivity index (χ1v) is 7.57. The van der Waals surface area contributed by atoms with Gasteiger partial charge in [-0.25, -0.2) is 8.42 Å². The van der Waals surface area contributed by atoms with Gasteiger partial charge in [0.25, 0.3) is 9.05 Å². The number of hydrogen-bond donors (Lipinski definition) is 0. The fourth-order valence-corrected chi connectivity index (χ4v) is 3.31. The number of hydrogen-bond acceptors (Lipinski definition) is 3. The lowest BCUT2D eigenvalue weighted by Gasteiger charge is -2.15. The molecule has 0 N–H and O–H groups in total. The summed E-state index contributed by atoms with van der Waals surface area (Å²) in [5.74, 6) is 1.11. The molecule has 0 saturated carbocycles. The van der Waals surface area contributed by atoms with Crippen LogP contribution in [0, 0.1) is 0 Å². The molecule has 0 saturated heterocycles. The fourth-order valence-electron chi connectivity index (χ4n) is 1.49. The van der Waals surface area contributed by atoms with E-state index in [4.69, 9.17) is 10.7 Å². The summed E-state index contributed by atoms with van der Waals surface area (Å²) < 4.78 is 22.2. The highest BCUT2D eigenvalue weighted by molar-refractivity contribution is 8.13. The van der Waals surface area contributed by atoms with E-state index in [0.717, 1.165) is 24.2 Å². The molecule has 2 rings (SSSR count). The van der Waals surface area contributed by atoms with E-state index in [1.54, 1.807) is 23.9 Å². The predicted octanol–water partition coefficient (Wildman–Crippen LogP) is 2.65. The van der Waals surface area contributed by atoms with E-state index in [2.05, 4.69) is 0 Å². The van der Waals surface area contributed by atoms with Crippen LogP contribution in [0.1, 0.15) is 12.0 Å². The molecule has 1 aromatic carbocycles. The molecule has 0 fully saturated rings. The van der Waals surface area contributed by atoms with Crippen molar-refractivity contribution in [3.05, 3.63) is 23.8 Å². The largest absolute Gasteiger partial charge is 0.261 e. The molecule has 0 radical (unpaired) electrons. The van der Waals surface area contributed by atoms with Crippen molar-refractivity contribution in [2.45, 2.75) is 22.6 Å². The highest BCUT2D eigenvalue weighted by Crippen LogP contribution is 2.32. The molecule has 1 aromatic rings. The Kier molecular flexibility index (Phi) is 2.77. The van der Waals surface area contributed by atoms with E-state index in [1.165, 1.54) is 4.90 Å². The van der Waals surface area contributed by atoms with Gasteiger partial charge in [0.1, 0.15) is 0 Å². The molecule has 0 aromatic heterocycles. The number of fused-ring (bicyclic) bond motifs is 1. The zero-order valence-corrected chi connectivity index (χ0v) is 9.75. The predicted molar refractivity (Wildman–Crippen MR) is 58.5 cm³/mol. The standard InChI is InChI=1S/C9H9ClO2S2/c10-14(11,12)8-3-4-9-7(6-8)2-1-5-13-9/h3-4,6H,1-2,5H2. The Balaban J connectivity index is 2.49. The summed E-state index contributed by atoms with van der Waals surface area (Å²) in [6.45, 7) is 0. The van der Waals surface area contributed by atoms with Crippen LogP contribution in [0.5, 0.6) is 0 Å². The van der Waals surface area contributed by atoms with Crippen LogP contribution in [0.3, 0.4) is 0 Å². The van der Waals surface area contributed by atoms with Crippen molar-refractivity contribution < 1.29 is 8.42 Å². The van der Waals surface area contributed by atoms with Gasteiger partial charge in [-0.3, -0.25) is 0 Å². The number of aryl methyl sites for hydroxylation is 1. The number of halogens is 1. The second kappa shape index (κ2) is 3.76. The van der Waals surface area contributed by atoms with Gasteiger partial charge >= 0.3 is 0 Å². The van der Waals surface area contributed by atoms with Gasteiger partial charge in [-0.1, -0.05) is 0 Å². The SMILES string of the molecule is O=S(=O)(Cl)c1ccc2c(c1)CCCS2. The first kappa shape index (κ1) is 10.3. The maximum absolute atomic E-state index is 11.1. The molecule has 1 aliphatic rings. The van der Waals surface area contributed by atoms with E-state index in [-0.39, 0.29) is 4.90 Å². The maximum Gasteiger partial charge on any atom is 0.261 e. The van der Waals surface area contributed by atoms with Crippen LogP contribution in [0.2, 0.25) is 0 Å². The average molecular weight is 249 g/mol. The monoisotopic (exact) mass is 248 g/mol. The highest BCUT2D eigenvalue weighted by atomic mass is 35.7. The van der Waals surface area contributed by atoms with Crippen LogP contribution in [0.4, 0.5) is 0 Å². The van der Waals surface area contributed by atoms with Gasteiger partial charge in [0, 0.05) is 15.6 Å². The topological polar surface area (TPSA) is 34.1 Å². The zero-order valence-electron chi connectivity index (χ0n) is 7.36. The van der Waals surface area contributed by atoms with Crippen LogP contribution in [0.15, 0.2) is 28.0 Å². The molecular formula is C9H9ClO2S2. The molecule has 0 spiro atoms. The van der Waals surface area contributed by atoms with Crippen molar-refractivity contribution in [1.82, 2.24) is 0 Å². The summed E-state index contributed by atoms with van der Waals surface area (Å²) in [7, 11) is 1.69. The zero-order chi connectivity index (χ0) is 10.2. The van der Waals surface area contributed by atoms with Crippen molar-refractivity contribution in [2.75, 3.05) is 5.75 Å². The van der Waals surface area contributed by atoms with E-state index in [0.29, 0.717) is 0 Å². The smallest absolute Gasteiger partial charge is 0.207 e. The van der Waals surface area contributed by atoms with E-state index in [1.807, 2.05) is 6.07 Å². The normalized spacial score (nSPS) is 16.4. The first-order chi connectivity index (χ1) is 6.57. The van der Waals surface area contributed by atoms with Crippen LogP contribution < -0.4 is 0 Å². The lowest BCUT2D eigenvalue weighted by Crippen LogP contribution is -2.00. The lowest BCUT2D eigenvalue weighted by atomic mass is 10.1. The minimum absolute atomic E-state index is 0.209. The van der Waals surface area contributed by atoms with Gasteiger partial charge in [0.2, 0.25) is 0 Å². The summed E-state index contributed by atoms with van der Waals surface area (Å²) in [5.41, 5.74) is 1.10. The van der Waals surface area contributed by atoms with Crippen molar-refractivity contribution in [1.29, 1.82) is 0 Å². The Bertz CT molecular complexity index is 454. The molecule has 1 aliphatic heterocycles. The lowest BCUT2D eigenvalue weighted by molar-refractivity contribution is 0.609. The van der Waals surface area contributed by atoms with Gasteiger partial charge < -0.3 is 0 Å². The van der Waals surface area contributed by atoms with Crippen molar-refractivity contribution in [3.8, 4) is 0 Å². The molecule has 0 bridgehead atoms. The Morgan fingerprint density at radius 3 is 2.86 bits per heavy atom. The summed E-state index contributed by atoms with van der Waals surface area (Å²) >= 11 is 1.77. The molecule has 0 unspecified atom stereocenters. The van der Waals surface area contributed by atoms with Gasteiger partial charge in [-0.15, -0.1) is 11.8 Å². The van der Waals surface area contributed by atoms with Crippen LogP contribution >= 0.6 is 22.4 Å². The summed E-state index contributed by atoms with van der Waals surface area (Å²) in [6, 6.07) is 5.09. The van der Waals surface area contributed by atoms with Gasteiger partial charge in [-0.2, -0.15) is 0 Å². The highest BCUT2D eigenvalue weighted by Gasteiger charge is 2.15. The average Bonchev–Trinajstić information content (AvgIpc) is 2.16. The third-order valence-electron chi connectivity index (χ3n) is 2.16. The van der Waals surface area contributed by atoms with Crippen LogP contribution in [0.25, 0.3) is 0 Å². The van der Waals surface area contributed by atoms with Crippen molar-refractivity contribution >= 4 is 31.5 Å². The molecule has 14 heavy (non-hydrogen) atoms. The minimum atomic E-state index is -3.57. The Morgan fingerprint density at radius 1 is 1.36 bits per heavy atom. The van der Waals surface area contributed by atoms with Crippen molar-refractivity contribution in [2.24, 2.45) is 0 Å². The second-order valence-electron chi connectivity index (χ2n) is 3.16. The van der Waals surface area contributed by atoms with E-state index < -0.39 is 9.05 Å². The molecule has 1 heterocycles. The quantitative estimate of drug-likeness (QED) is 0.717. The van der Waals surface area contributed by atoms with E-state index in [9.17, 15) is 8.42 Å². The number of benzene rings is 1. The molecule has 0 atom stereocenters. The van der Waals surface area contributed by atoms with Gasteiger partial charge in [0.05, 0.1) is 4.90 Å². The number of thioether (sulfide) groups is 1. The van der Waals surface area contributed by atoms with E-state index >= 15 is 0 Å². The molecule has 0 aliphatic carbocycles. The molecule has 2 nitrogen and oxygen atoms in total. The van der Waals surface area contributed by atoms with Crippen molar-refractivity contribution in [3.63, 3.8) is 0 Å². The van der Waals surface area contributed by atoms with Crippen LogP contribution in [-0.4, -0.2) is 14.2 Å².